The number of nitrogens with zero attached hydrogens (tertiary/aromatic N) is 2. The quantitative estimate of drug-likeness (QED) is 0.331. The molecule has 0 saturated heterocycles. The van der Waals surface area contributed by atoms with Gasteiger partial charge in [-0.25, -0.2) is 4.99 Å². The summed E-state index contributed by atoms with van der Waals surface area (Å²) in [4.78, 5) is 17.8. The molecule has 1 aromatic carbocycles. The zero-order chi connectivity index (χ0) is 19.9. The molecule has 1 aromatic rings. The molecule has 0 fully saturated rings. The van der Waals surface area contributed by atoms with Crippen molar-refractivity contribution in [3.63, 3.8) is 0 Å². The van der Waals surface area contributed by atoms with Gasteiger partial charge < -0.3 is 25.0 Å². The van der Waals surface area contributed by atoms with Crippen molar-refractivity contribution in [2.75, 3.05) is 47.0 Å². The molecule has 0 radical (unpaired) electrons. The van der Waals surface area contributed by atoms with Crippen molar-refractivity contribution in [1.29, 1.82) is 0 Å². The molecule has 27 heavy (non-hydrogen) atoms. The van der Waals surface area contributed by atoms with Crippen LogP contribution in [0, 0.1) is 0 Å². The van der Waals surface area contributed by atoms with Crippen molar-refractivity contribution in [3.8, 4) is 5.75 Å². The summed E-state index contributed by atoms with van der Waals surface area (Å²) in [5, 5.41) is 6.59. The van der Waals surface area contributed by atoms with E-state index in [1.807, 2.05) is 38.1 Å². The van der Waals surface area contributed by atoms with E-state index in [0.717, 1.165) is 50.7 Å². The van der Waals surface area contributed by atoms with Gasteiger partial charge in [0.25, 0.3) is 5.91 Å². The molecule has 2 N–H and O–H groups in total. The van der Waals surface area contributed by atoms with Gasteiger partial charge in [-0.05, 0) is 44.4 Å². The largest absolute Gasteiger partial charge is 0.484 e. The molecule has 0 saturated carbocycles. The van der Waals surface area contributed by atoms with Crippen LogP contribution in [0.3, 0.4) is 0 Å². The highest BCUT2D eigenvalue weighted by molar-refractivity contribution is 5.79. The molecule has 7 nitrogen and oxygen atoms in total. The van der Waals surface area contributed by atoms with Crippen LogP contribution in [0.4, 0.5) is 0 Å². The third-order valence-electron chi connectivity index (χ3n) is 3.74. The molecule has 0 spiro atoms. The highest BCUT2D eigenvalue weighted by Crippen LogP contribution is 2.14. The summed E-state index contributed by atoms with van der Waals surface area (Å²) in [5.74, 6) is 1.40. The van der Waals surface area contributed by atoms with E-state index < -0.39 is 0 Å². The lowest BCUT2D eigenvalue weighted by atomic mass is 10.2. The average molecular weight is 379 g/mol. The average Bonchev–Trinajstić information content (AvgIpc) is 2.67. The first-order valence-electron chi connectivity index (χ1n) is 9.58. The first kappa shape index (κ1) is 22.8. The fourth-order valence-corrected chi connectivity index (χ4v) is 2.20. The van der Waals surface area contributed by atoms with Crippen molar-refractivity contribution < 1.29 is 14.3 Å². The molecule has 7 heteroatoms. The topological polar surface area (TPSA) is 75.2 Å². The number of ether oxygens (including phenoxy) is 2. The van der Waals surface area contributed by atoms with Crippen molar-refractivity contribution in [2.45, 2.75) is 33.2 Å². The molecule has 0 aromatic heterocycles. The monoisotopic (exact) mass is 378 g/mol. The lowest BCUT2D eigenvalue weighted by Crippen LogP contribution is -2.37. The summed E-state index contributed by atoms with van der Waals surface area (Å²) in [6, 6.07) is 7.67. The second kappa shape index (κ2) is 13.9. The maximum Gasteiger partial charge on any atom is 0.259 e. The van der Waals surface area contributed by atoms with E-state index in [0.29, 0.717) is 12.3 Å². The van der Waals surface area contributed by atoms with Crippen LogP contribution in [0.1, 0.15) is 32.3 Å². The van der Waals surface area contributed by atoms with E-state index >= 15 is 0 Å². The van der Waals surface area contributed by atoms with Crippen molar-refractivity contribution in [2.24, 2.45) is 4.99 Å². The molecule has 0 aliphatic heterocycles. The Bertz CT molecular complexity index is 576. The van der Waals surface area contributed by atoms with E-state index in [9.17, 15) is 4.79 Å². The number of carbonyl (C=O) groups is 1. The summed E-state index contributed by atoms with van der Waals surface area (Å²) in [6.45, 7) is 7.85. The molecule has 0 atom stereocenters. The van der Waals surface area contributed by atoms with E-state index in [-0.39, 0.29) is 12.5 Å². The minimum atomic E-state index is -0.0682. The second-order valence-corrected chi connectivity index (χ2v) is 6.25. The van der Waals surface area contributed by atoms with Gasteiger partial charge in [0.1, 0.15) is 5.75 Å². The van der Waals surface area contributed by atoms with E-state index in [1.165, 1.54) is 4.90 Å². The minimum Gasteiger partial charge on any atom is -0.484 e. The molecule has 152 valence electrons. The number of hydrogen-bond donors (Lipinski definition) is 2. The van der Waals surface area contributed by atoms with Gasteiger partial charge in [0, 0.05) is 40.4 Å². The van der Waals surface area contributed by atoms with Crippen LogP contribution in [0.15, 0.2) is 29.3 Å². The maximum atomic E-state index is 11.6. The van der Waals surface area contributed by atoms with Crippen LogP contribution >= 0.6 is 0 Å². The normalized spacial score (nSPS) is 11.2. The van der Waals surface area contributed by atoms with Gasteiger partial charge in [-0.3, -0.25) is 4.79 Å². The Morgan fingerprint density at radius 3 is 2.70 bits per heavy atom. The molecular weight excluding hydrogens is 344 g/mol. The number of carbonyl (C=O) groups excluding carboxylic acids is 1. The predicted molar refractivity (Wildman–Crippen MR) is 109 cm³/mol. The minimum absolute atomic E-state index is 0.0334. The zero-order valence-electron chi connectivity index (χ0n) is 17.1. The Morgan fingerprint density at radius 2 is 2.00 bits per heavy atom. The highest BCUT2D eigenvalue weighted by Gasteiger charge is 2.05. The molecule has 1 rings (SSSR count). The number of rotatable bonds is 12. The Hall–Kier alpha value is -2.28. The molecular formula is C20H34N4O3. The first-order valence-corrected chi connectivity index (χ1v) is 9.58. The molecule has 0 bridgehead atoms. The SMILES string of the molecule is CCNC(=NCc1cccc(OCC(=O)N(C)C)c1)NCCCCOCC. The van der Waals surface area contributed by atoms with Gasteiger partial charge in [0.15, 0.2) is 12.6 Å². The lowest BCUT2D eigenvalue weighted by molar-refractivity contribution is -0.130. The Morgan fingerprint density at radius 1 is 1.19 bits per heavy atom. The lowest BCUT2D eigenvalue weighted by Gasteiger charge is -2.12. The van der Waals surface area contributed by atoms with Crippen molar-refractivity contribution in [3.05, 3.63) is 29.8 Å². The number of amides is 1. The summed E-state index contributed by atoms with van der Waals surface area (Å²) < 4.78 is 10.9. The van der Waals surface area contributed by atoms with Gasteiger partial charge in [-0.1, -0.05) is 12.1 Å². The van der Waals surface area contributed by atoms with E-state index in [4.69, 9.17) is 9.47 Å². The van der Waals surface area contributed by atoms with Gasteiger partial charge in [0.05, 0.1) is 6.54 Å². The predicted octanol–water partition coefficient (Wildman–Crippen LogP) is 2.03. The van der Waals surface area contributed by atoms with Gasteiger partial charge in [0.2, 0.25) is 0 Å². The molecule has 1 amide bonds. The van der Waals surface area contributed by atoms with Crippen LogP contribution in [-0.2, 0) is 16.1 Å². The van der Waals surface area contributed by atoms with Crippen LogP contribution < -0.4 is 15.4 Å². The van der Waals surface area contributed by atoms with Crippen molar-refractivity contribution in [1.82, 2.24) is 15.5 Å². The molecule has 0 aliphatic rings. The van der Waals surface area contributed by atoms with Crippen LogP contribution in [0.25, 0.3) is 0 Å². The van der Waals surface area contributed by atoms with Crippen LogP contribution in [0.5, 0.6) is 5.75 Å². The van der Waals surface area contributed by atoms with Crippen LogP contribution in [-0.4, -0.2) is 63.8 Å². The molecule has 0 heterocycles. The van der Waals surface area contributed by atoms with Gasteiger partial charge >= 0.3 is 0 Å². The smallest absolute Gasteiger partial charge is 0.259 e. The second-order valence-electron chi connectivity index (χ2n) is 6.25. The summed E-state index contributed by atoms with van der Waals surface area (Å²) in [7, 11) is 3.42. The van der Waals surface area contributed by atoms with Crippen LogP contribution in [0.2, 0.25) is 0 Å². The molecule has 0 unspecified atom stereocenters. The number of hydrogen-bond acceptors (Lipinski definition) is 4. The fraction of sp³-hybridized carbons (Fsp3) is 0.600. The Kier molecular flexibility index (Phi) is 11.7. The number of unbranched alkanes of at least 4 members (excludes halogenated alkanes) is 1. The highest BCUT2D eigenvalue weighted by atomic mass is 16.5. The number of nitrogens with one attached hydrogen (secondary N) is 2. The van der Waals surface area contributed by atoms with Crippen molar-refractivity contribution >= 4 is 11.9 Å². The Balaban J connectivity index is 2.50. The fourth-order valence-electron chi connectivity index (χ4n) is 2.20. The number of guanidine groups is 1. The number of aliphatic imine (C=N–C) groups is 1. The first-order chi connectivity index (χ1) is 13.1. The third kappa shape index (κ3) is 10.5. The van der Waals surface area contributed by atoms with Gasteiger partial charge in [-0.15, -0.1) is 0 Å². The van der Waals surface area contributed by atoms with E-state index in [2.05, 4.69) is 15.6 Å². The zero-order valence-corrected chi connectivity index (χ0v) is 17.1. The number of benzene rings is 1. The summed E-state index contributed by atoms with van der Waals surface area (Å²) >= 11 is 0. The summed E-state index contributed by atoms with van der Waals surface area (Å²) in [5.41, 5.74) is 1.03. The third-order valence-corrected chi connectivity index (χ3v) is 3.74. The Labute approximate surface area is 163 Å². The standard InChI is InChI=1S/C20H34N4O3/c1-5-21-20(22-12-7-8-13-26-6-2)23-15-17-10-9-11-18(14-17)27-16-19(25)24(3)4/h9-11,14H,5-8,12-13,15-16H2,1-4H3,(H2,21,22,23). The summed E-state index contributed by atoms with van der Waals surface area (Å²) in [6.07, 6.45) is 2.07. The number of likely N-dealkylation sites (N-methyl/N-ethyl adjacent to an activating group) is 1. The van der Waals surface area contributed by atoms with E-state index in [1.54, 1.807) is 14.1 Å². The maximum absolute atomic E-state index is 11.6. The molecule has 0 aliphatic carbocycles. The van der Waals surface area contributed by atoms with Gasteiger partial charge in [-0.2, -0.15) is 0 Å².